The van der Waals surface area contributed by atoms with Crippen LogP contribution in [0.25, 0.3) is 10.6 Å². The summed E-state index contributed by atoms with van der Waals surface area (Å²) < 4.78 is 4.35. The minimum atomic E-state index is 0.584. The second-order valence-electron chi connectivity index (χ2n) is 5.17. The molecule has 106 valence electrons. The van der Waals surface area contributed by atoms with Crippen molar-refractivity contribution in [2.45, 2.75) is 20.0 Å². The van der Waals surface area contributed by atoms with Gasteiger partial charge in [-0.2, -0.15) is 4.37 Å². The Balaban J connectivity index is 1.75. The minimum Gasteiger partial charge on any atom is -0.382 e. The first-order valence-corrected chi connectivity index (χ1v) is 8.37. The normalized spacial score (nSPS) is 13.7. The summed E-state index contributed by atoms with van der Waals surface area (Å²) in [5.41, 5.74) is 10.9. The van der Waals surface area contributed by atoms with Gasteiger partial charge in [-0.05, 0) is 29.6 Å². The van der Waals surface area contributed by atoms with E-state index in [9.17, 15) is 0 Å². The number of aryl methyl sites for hydroxylation is 1. The van der Waals surface area contributed by atoms with Crippen molar-refractivity contribution >= 4 is 33.7 Å². The third kappa shape index (κ3) is 2.11. The molecule has 0 fully saturated rings. The Bertz CT molecular complexity index is 781. The van der Waals surface area contributed by atoms with Crippen LogP contribution in [-0.4, -0.2) is 9.36 Å². The van der Waals surface area contributed by atoms with Crippen LogP contribution in [0.5, 0.6) is 0 Å². The summed E-state index contributed by atoms with van der Waals surface area (Å²) in [6.07, 6.45) is 0. The summed E-state index contributed by atoms with van der Waals surface area (Å²) >= 11 is 3.09. The molecule has 0 bridgehead atoms. The number of hydrogen-bond donors (Lipinski definition) is 1. The number of benzene rings is 1. The average Bonchev–Trinajstić information content (AvgIpc) is 3.15. The molecule has 0 atom stereocenters. The van der Waals surface area contributed by atoms with Gasteiger partial charge in [0.25, 0.3) is 0 Å². The predicted octanol–water partition coefficient (Wildman–Crippen LogP) is 3.68. The first-order chi connectivity index (χ1) is 10.2. The fourth-order valence-corrected chi connectivity index (χ4v) is 4.38. The maximum atomic E-state index is 6.09. The number of nitrogens with zero attached hydrogens (tertiary/aromatic N) is 3. The highest BCUT2D eigenvalue weighted by molar-refractivity contribution is 7.15. The van der Waals surface area contributed by atoms with E-state index in [-0.39, 0.29) is 0 Å². The smallest absolute Gasteiger partial charge is 0.149 e. The average molecular weight is 314 g/mol. The third-order valence-electron chi connectivity index (χ3n) is 3.66. The lowest BCUT2D eigenvalue weighted by molar-refractivity contribution is 0.893. The van der Waals surface area contributed by atoms with Crippen LogP contribution in [0.1, 0.15) is 16.8 Å². The molecule has 2 aromatic heterocycles. The molecule has 0 spiro atoms. The lowest BCUT2D eigenvalue weighted by Gasteiger charge is -2.16. The van der Waals surface area contributed by atoms with E-state index in [1.54, 1.807) is 11.3 Å². The largest absolute Gasteiger partial charge is 0.382 e. The fourth-order valence-electron chi connectivity index (χ4n) is 2.66. The number of hydrogen-bond acceptors (Lipinski definition) is 6. The monoisotopic (exact) mass is 314 g/mol. The van der Waals surface area contributed by atoms with Gasteiger partial charge in [0, 0.05) is 24.2 Å². The quantitative estimate of drug-likeness (QED) is 0.784. The molecule has 6 heteroatoms. The van der Waals surface area contributed by atoms with Crippen molar-refractivity contribution in [3.63, 3.8) is 0 Å². The summed E-state index contributed by atoms with van der Waals surface area (Å²) in [7, 11) is 0. The zero-order chi connectivity index (χ0) is 14.4. The van der Waals surface area contributed by atoms with Crippen molar-refractivity contribution in [1.29, 1.82) is 0 Å². The van der Waals surface area contributed by atoms with Gasteiger partial charge < -0.3 is 10.6 Å². The molecule has 1 aliphatic rings. The molecule has 0 saturated carbocycles. The zero-order valence-corrected chi connectivity index (χ0v) is 13.2. The fraction of sp³-hybridized carbons (Fsp3) is 0.200. The Labute approximate surface area is 131 Å². The highest BCUT2D eigenvalue weighted by atomic mass is 32.1. The molecule has 3 heterocycles. The maximum Gasteiger partial charge on any atom is 0.149 e. The number of nitrogen functional groups attached to an aromatic ring is 1. The first-order valence-electron chi connectivity index (χ1n) is 6.72. The molecule has 0 aliphatic carbocycles. The molecule has 3 aromatic rings. The van der Waals surface area contributed by atoms with Crippen LogP contribution in [0.2, 0.25) is 0 Å². The van der Waals surface area contributed by atoms with E-state index in [2.05, 4.69) is 43.9 Å². The van der Waals surface area contributed by atoms with Crippen molar-refractivity contribution in [2.24, 2.45) is 0 Å². The van der Waals surface area contributed by atoms with E-state index in [0.717, 1.165) is 34.4 Å². The summed E-state index contributed by atoms with van der Waals surface area (Å²) in [4.78, 5) is 6.91. The molecule has 0 unspecified atom stereocenters. The van der Waals surface area contributed by atoms with E-state index >= 15 is 0 Å². The van der Waals surface area contributed by atoms with Crippen LogP contribution in [-0.2, 0) is 13.1 Å². The molecule has 4 rings (SSSR count). The number of rotatable bonds is 2. The predicted molar refractivity (Wildman–Crippen MR) is 88.7 cm³/mol. The SMILES string of the molecule is Cc1csc(-c2c(N)nsc2N2Cc3ccccc3C2)n1. The Morgan fingerprint density at radius 3 is 2.52 bits per heavy atom. The van der Waals surface area contributed by atoms with E-state index < -0.39 is 0 Å². The highest BCUT2D eigenvalue weighted by Gasteiger charge is 2.26. The molecular formula is C15H14N4S2. The van der Waals surface area contributed by atoms with Gasteiger partial charge in [0.1, 0.15) is 15.8 Å². The van der Waals surface area contributed by atoms with Gasteiger partial charge in [0.05, 0.1) is 5.56 Å². The Morgan fingerprint density at radius 2 is 1.90 bits per heavy atom. The summed E-state index contributed by atoms with van der Waals surface area (Å²) in [5.74, 6) is 0.584. The van der Waals surface area contributed by atoms with Gasteiger partial charge >= 0.3 is 0 Å². The Kier molecular flexibility index (Phi) is 2.94. The second kappa shape index (κ2) is 4.82. The van der Waals surface area contributed by atoms with Gasteiger partial charge in [0.15, 0.2) is 0 Å². The Morgan fingerprint density at radius 1 is 1.19 bits per heavy atom. The van der Waals surface area contributed by atoms with Crippen molar-refractivity contribution < 1.29 is 0 Å². The van der Waals surface area contributed by atoms with E-state index in [0.29, 0.717) is 5.82 Å². The number of aromatic nitrogens is 2. The van der Waals surface area contributed by atoms with Crippen LogP contribution in [0, 0.1) is 6.92 Å². The Hall–Kier alpha value is -1.92. The van der Waals surface area contributed by atoms with Crippen LogP contribution >= 0.6 is 22.9 Å². The van der Waals surface area contributed by atoms with Crippen molar-refractivity contribution in [2.75, 3.05) is 10.6 Å². The van der Waals surface area contributed by atoms with Gasteiger partial charge in [-0.25, -0.2) is 4.98 Å². The lowest BCUT2D eigenvalue weighted by atomic mass is 10.1. The molecule has 2 N–H and O–H groups in total. The maximum absolute atomic E-state index is 6.09. The van der Waals surface area contributed by atoms with Gasteiger partial charge in [0.2, 0.25) is 0 Å². The van der Waals surface area contributed by atoms with Gasteiger partial charge in [-0.3, -0.25) is 0 Å². The van der Waals surface area contributed by atoms with Gasteiger partial charge in [-0.15, -0.1) is 11.3 Å². The van der Waals surface area contributed by atoms with Crippen LogP contribution in [0.15, 0.2) is 29.6 Å². The third-order valence-corrected chi connectivity index (χ3v) is 5.56. The molecule has 0 saturated heterocycles. The summed E-state index contributed by atoms with van der Waals surface area (Å²) in [6.45, 7) is 3.83. The molecule has 4 nitrogen and oxygen atoms in total. The van der Waals surface area contributed by atoms with Crippen molar-refractivity contribution in [1.82, 2.24) is 9.36 Å². The highest BCUT2D eigenvalue weighted by Crippen LogP contribution is 2.43. The topological polar surface area (TPSA) is 55.0 Å². The minimum absolute atomic E-state index is 0.584. The standard InChI is InChI=1S/C15H14N4S2/c1-9-8-20-14(17-9)12-13(16)18-21-15(12)19-6-10-4-2-3-5-11(10)7-19/h2-5,8H,6-7H2,1H3,(H2,16,18). The molecule has 21 heavy (non-hydrogen) atoms. The van der Waals surface area contributed by atoms with E-state index in [1.807, 2.05) is 6.92 Å². The van der Waals surface area contributed by atoms with Crippen LogP contribution in [0.4, 0.5) is 10.8 Å². The molecule has 1 aliphatic heterocycles. The van der Waals surface area contributed by atoms with Crippen molar-refractivity contribution in [3.05, 3.63) is 46.5 Å². The molecule has 0 radical (unpaired) electrons. The van der Waals surface area contributed by atoms with Crippen LogP contribution < -0.4 is 10.6 Å². The molecular weight excluding hydrogens is 300 g/mol. The molecule has 0 amide bonds. The zero-order valence-electron chi connectivity index (χ0n) is 11.5. The van der Waals surface area contributed by atoms with Crippen molar-refractivity contribution in [3.8, 4) is 10.6 Å². The van der Waals surface area contributed by atoms with E-state index in [4.69, 9.17) is 5.73 Å². The second-order valence-corrected chi connectivity index (χ2v) is 6.78. The number of nitrogens with two attached hydrogens (primary N) is 1. The first kappa shape index (κ1) is 12.8. The van der Waals surface area contributed by atoms with Gasteiger partial charge in [-0.1, -0.05) is 24.3 Å². The lowest BCUT2D eigenvalue weighted by Crippen LogP contribution is -2.13. The number of anilines is 2. The summed E-state index contributed by atoms with van der Waals surface area (Å²) in [6, 6.07) is 8.56. The van der Waals surface area contributed by atoms with Crippen LogP contribution in [0.3, 0.4) is 0 Å². The summed E-state index contributed by atoms with van der Waals surface area (Å²) in [5, 5.41) is 4.14. The van der Waals surface area contributed by atoms with E-state index in [1.165, 1.54) is 22.7 Å². The molecule has 1 aromatic carbocycles. The number of fused-ring (bicyclic) bond motifs is 1. The number of thiazole rings is 1.